The van der Waals surface area contributed by atoms with Crippen LogP contribution < -0.4 is 0 Å². The highest BCUT2D eigenvalue weighted by molar-refractivity contribution is 4.55. The molecule has 0 aliphatic rings. The van der Waals surface area contributed by atoms with Gasteiger partial charge in [-0.25, -0.2) is 0 Å². The van der Waals surface area contributed by atoms with E-state index >= 15 is 0 Å². The first-order valence-electron chi connectivity index (χ1n) is 6.49. The molecular weight excluding hydrogens is 188 g/mol. The van der Waals surface area contributed by atoms with Crippen LogP contribution in [0.2, 0.25) is 0 Å². The predicted molar refractivity (Wildman–Crippen MR) is 64.9 cm³/mol. The summed E-state index contributed by atoms with van der Waals surface area (Å²) in [4.78, 5) is 0. The highest BCUT2D eigenvalue weighted by Gasteiger charge is 2.02. The van der Waals surface area contributed by atoms with Crippen molar-refractivity contribution in [1.29, 1.82) is 0 Å². The van der Waals surface area contributed by atoms with Crippen molar-refractivity contribution in [2.24, 2.45) is 5.92 Å². The summed E-state index contributed by atoms with van der Waals surface area (Å²) in [5, 5.41) is 18.1. The van der Waals surface area contributed by atoms with Gasteiger partial charge in [-0.3, -0.25) is 0 Å². The van der Waals surface area contributed by atoms with E-state index in [0.29, 0.717) is 12.5 Å². The maximum absolute atomic E-state index is 9.34. The van der Waals surface area contributed by atoms with E-state index in [9.17, 15) is 5.11 Å². The molecule has 2 atom stereocenters. The van der Waals surface area contributed by atoms with Gasteiger partial charge in [0.2, 0.25) is 0 Å². The molecule has 0 amide bonds. The quantitative estimate of drug-likeness (QED) is 0.551. The maximum Gasteiger partial charge on any atom is 0.0537 e. The molecule has 0 bridgehead atoms. The van der Waals surface area contributed by atoms with E-state index in [0.717, 1.165) is 25.7 Å². The Labute approximate surface area is 94.7 Å². The van der Waals surface area contributed by atoms with E-state index in [2.05, 4.69) is 6.92 Å². The van der Waals surface area contributed by atoms with E-state index in [1.165, 1.54) is 25.7 Å². The van der Waals surface area contributed by atoms with Crippen molar-refractivity contribution in [2.45, 2.75) is 71.3 Å². The molecule has 0 saturated heterocycles. The second kappa shape index (κ2) is 10.4. The van der Waals surface area contributed by atoms with Gasteiger partial charge >= 0.3 is 0 Å². The molecule has 0 fully saturated rings. The molecule has 0 rings (SSSR count). The van der Waals surface area contributed by atoms with E-state index in [4.69, 9.17) is 5.11 Å². The van der Waals surface area contributed by atoms with Crippen LogP contribution in [0.25, 0.3) is 0 Å². The fraction of sp³-hybridized carbons (Fsp3) is 1.00. The first-order valence-corrected chi connectivity index (χ1v) is 6.49. The first-order chi connectivity index (χ1) is 7.20. The third-order valence-corrected chi connectivity index (χ3v) is 3.08. The van der Waals surface area contributed by atoms with Crippen molar-refractivity contribution in [3.63, 3.8) is 0 Å². The smallest absolute Gasteiger partial charge is 0.0537 e. The monoisotopic (exact) mass is 216 g/mol. The van der Waals surface area contributed by atoms with Gasteiger partial charge in [0.05, 0.1) is 6.10 Å². The molecule has 0 spiro atoms. The lowest BCUT2D eigenvalue weighted by Crippen LogP contribution is -2.03. The summed E-state index contributed by atoms with van der Waals surface area (Å²) in [7, 11) is 0. The van der Waals surface area contributed by atoms with Crippen molar-refractivity contribution in [2.75, 3.05) is 6.61 Å². The van der Waals surface area contributed by atoms with Crippen LogP contribution >= 0.6 is 0 Å². The molecule has 0 aliphatic heterocycles. The second-order valence-corrected chi connectivity index (χ2v) is 4.67. The first kappa shape index (κ1) is 14.9. The minimum atomic E-state index is -0.0849. The summed E-state index contributed by atoms with van der Waals surface area (Å²) in [6.07, 6.45) is 8.86. The number of hydrogen-bond donors (Lipinski definition) is 2. The Morgan fingerprint density at radius 1 is 0.933 bits per heavy atom. The average molecular weight is 216 g/mol. The Bertz CT molecular complexity index is 126. The van der Waals surface area contributed by atoms with E-state index < -0.39 is 0 Å². The largest absolute Gasteiger partial charge is 0.396 e. The summed E-state index contributed by atoms with van der Waals surface area (Å²) in [6, 6.07) is 0. The normalized spacial score (nSPS) is 15.2. The predicted octanol–water partition coefficient (Wildman–Crippen LogP) is 3.12. The van der Waals surface area contributed by atoms with Gasteiger partial charge in [0.15, 0.2) is 0 Å². The third kappa shape index (κ3) is 10.2. The maximum atomic E-state index is 9.34. The van der Waals surface area contributed by atoms with Crippen LogP contribution in [-0.2, 0) is 0 Å². The third-order valence-electron chi connectivity index (χ3n) is 3.08. The van der Waals surface area contributed by atoms with Crippen LogP contribution in [0.1, 0.15) is 65.2 Å². The number of hydrogen-bond acceptors (Lipinski definition) is 2. The van der Waals surface area contributed by atoms with Crippen LogP contribution in [0.15, 0.2) is 0 Å². The molecule has 2 N–H and O–H groups in total. The fourth-order valence-corrected chi connectivity index (χ4v) is 1.80. The number of aliphatic hydroxyl groups excluding tert-OH is 2. The van der Waals surface area contributed by atoms with Crippen LogP contribution in [0.4, 0.5) is 0 Å². The zero-order valence-corrected chi connectivity index (χ0v) is 10.4. The van der Waals surface area contributed by atoms with Gasteiger partial charge in [0.1, 0.15) is 0 Å². The topological polar surface area (TPSA) is 40.5 Å². The van der Waals surface area contributed by atoms with Crippen LogP contribution in [0, 0.1) is 5.92 Å². The molecule has 15 heavy (non-hydrogen) atoms. The highest BCUT2D eigenvalue weighted by atomic mass is 16.3. The van der Waals surface area contributed by atoms with Crippen LogP contribution in [-0.4, -0.2) is 22.9 Å². The lowest BCUT2D eigenvalue weighted by Gasteiger charge is -2.09. The standard InChI is InChI=1S/C13H28O2/c1-3-13(15)9-7-5-4-6-8-12(2)10-11-14/h12-15H,3-11H2,1-2H3. The molecule has 92 valence electrons. The molecule has 0 radical (unpaired) electrons. The van der Waals surface area contributed by atoms with Crippen molar-refractivity contribution < 1.29 is 10.2 Å². The van der Waals surface area contributed by atoms with E-state index in [1.807, 2.05) is 6.92 Å². The summed E-state index contributed by atoms with van der Waals surface area (Å²) >= 11 is 0. The van der Waals surface area contributed by atoms with Crippen molar-refractivity contribution in [3.8, 4) is 0 Å². The van der Waals surface area contributed by atoms with Crippen molar-refractivity contribution in [3.05, 3.63) is 0 Å². The molecule has 0 aromatic heterocycles. The van der Waals surface area contributed by atoms with Crippen molar-refractivity contribution >= 4 is 0 Å². The highest BCUT2D eigenvalue weighted by Crippen LogP contribution is 2.14. The molecule has 2 heteroatoms. The molecule has 2 nitrogen and oxygen atoms in total. The lowest BCUT2D eigenvalue weighted by molar-refractivity contribution is 0.156. The van der Waals surface area contributed by atoms with Crippen LogP contribution in [0.3, 0.4) is 0 Å². The van der Waals surface area contributed by atoms with Gasteiger partial charge in [-0.15, -0.1) is 0 Å². The van der Waals surface area contributed by atoms with E-state index in [1.54, 1.807) is 0 Å². The summed E-state index contributed by atoms with van der Waals surface area (Å²) in [6.45, 7) is 4.56. The molecule has 0 saturated carbocycles. The molecular formula is C13H28O2. The SMILES string of the molecule is CCC(O)CCCCCCC(C)CCO. The Kier molecular flexibility index (Phi) is 10.4. The number of aliphatic hydroxyl groups is 2. The van der Waals surface area contributed by atoms with Gasteiger partial charge in [0, 0.05) is 6.61 Å². The Balaban J connectivity index is 3.11. The molecule has 2 unspecified atom stereocenters. The molecule has 0 aromatic carbocycles. The number of rotatable bonds is 10. The number of unbranched alkanes of at least 4 members (excludes halogenated alkanes) is 3. The molecule has 0 heterocycles. The van der Waals surface area contributed by atoms with Crippen LogP contribution in [0.5, 0.6) is 0 Å². The minimum absolute atomic E-state index is 0.0849. The minimum Gasteiger partial charge on any atom is -0.396 e. The molecule has 0 aromatic rings. The fourth-order valence-electron chi connectivity index (χ4n) is 1.80. The van der Waals surface area contributed by atoms with E-state index in [-0.39, 0.29) is 6.10 Å². The van der Waals surface area contributed by atoms with Gasteiger partial charge in [0.25, 0.3) is 0 Å². The second-order valence-electron chi connectivity index (χ2n) is 4.67. The van der Waals surface area contributed by atoms with Gasteiger partial charge < -0.3 is 10.2 Å². The zero-order valence-electron chi connectivity index (χ0n) is 10.4. The van der Waals surface area contributed by atoms with Gasteiger partial charge in [-0.1, -0.05) is 46.0 Å². The zero-order chi connectivity index (χ0) is 11.5. The van der Waals surface area contributed by atoms with Crippen molar-refractivity contribution in [1.82, 2.24) is 0 Å². The molecule has 0 aliphatic carbocycles. The summed E-state index contributed by atoms with van der Waals surface area (Å²) in [5.41, 5.74) is 0. The van der Waals surface area contributed by atoms with Gasteiger partial charge in [-0.05, 0) is 25.2 Å². The summed E-state index contributed by atoms with van der Waals surface area (Å²) in [5.74, 6) is 0.663. The Morgan fingerprint density at radius 2 is 1.53 bits per heavy atom. The summed E-state index contributed by atoms with van der Waals surface area (Å²) < 4.78 is 0. The van der Waals surface area contributed by atoms with Gasteiger partial charge in [-0.2, -0.15) is 0 Å². The average Bonchev–Trinajstić information content (AvgIpc) is 2.23. The Hall–Kier alpha value is -0.0800. The lowest BCUT2D eigenvalue weighted by atomic mass is 9.99. The Morgan fingerprint density at radius 3 is 2.07 bits per heavy atom.